The molecule has 0 aliphatic carbocycles. The average molecular weight is 940 g/mol. The van der Waals surface area contributed by atoms with Crippen LogP contribution in [0.15, 0.2) is 48.6 Å². The normalized spacial score (nSPS) is 12.3. The summed E-state index contributed by atoms with van der Waals surface area (Å²) in [4.78, 5) is 38.1. The summed E-state index contributed by atoms with van der Waals surface area (Å²) >= 11 is 0. The average Bonchev–Trinajstić information content (AvgIpc) is 3.33. The van der Waals surface area contributed by atoms with Gasteiger partial charge in [-0.05, 0) is 96.3 Å². The van der Waals surface area contributed by atoms with E-state index in [2.05, 4.69) is 69.4 Å². The molecule has 0 rings (SSSR count). The van der Waals surface area contributed by atoms with Crippen LogP contribution in [0.3, 0.4) is 0 Å². The number of hydrogen-bond acceptors (Lipinski definition) is 6. The van der Waals surface area contributed by atoms with E-state index in [0.29, 0.717) is 19.3 Å². The summed E-state index contributed by atoms with van der Waals surface area (Å²) in [6.45, 7) is 6.58. The van der Waals surface area contributed by atoms with E-state index in [9.17, 15) is 14.4 Å². The second kappa shape index (κ2) is 56.0. The number of carbonyl (C=O) groups is 3. The van der Waals surface area contributed by atoms with Crippen LogP contribution in [-0.2, 0) is 28.6 Å². The molecule has 0 aliphatic rings. The predicted octanol–water partition coefficient (Wildman–Crippen LogP) is 19.4. The number of rotatable bonds is 53. The van der Waals surface area contributed by atoms with E-state index in [0.717, 1.165) is 83.5 Å². The lowest BCUT2D eigenvalue weighted by molar-refractivity contribution is -0.167. The molecule has 6 heteroatoms. The van der Waals surface area contributed by atoms with Gasteiger partial charge in [0.1, 0.15) is 13.2 Å². The van der Waals surface area contributed by atoms with Crippen LogP contribution in [0.2, 0.25) is 0 Å². The molecule has 0 amide bonds. The molecule has 0 spiro atoms. The van der Waals surface area contributed by atoms with E-state index in [1.54, 1.807) is 0 Å². The Morgan fingerprint density at radius 1 is 0.299 bits per heavy atom. The molecule has 0 aromatic rings. The van der Waals surface area contributed by atoms with Gasteiger partial charge in [0, 0.05) is 19.3 Å². The Morgan fingerprint density at radius 2 is 0.567 bits per heavy atom. The number of esters is 3. The third-order valence-corrected chi connectivity index (χ3v) is 12.8. The zero-order valence-electron chi connectivity index (χ0n) is 44.7. The lowest BCUT2D eigenvalue weighted by Crippen LogP contribution is -2.30. The molecule has 0 aliphatic heterocycles. The smallest absolute Gasteiger partial charge is 0.306 e. The number of ether oxygens (including phenoxy) is 3. The maximum Gasteiger partial charge on any atom is 0.306 e. The summed E-state index contributed by atoms with van der Waals surface area (Å²) in [5.74, 6) is -0.887. The molecule has 0 N–H and O–H groups in total. The van der Waals surface area contributed by atoms with Crippen molar-refractivity contribution >= 4 is 17.9 Å². The summed E-state index contributed by atoms with van der Waals surface area (Å²) < 4.78 is 16.9. The molecule has 0 radical (unpaired) electrons. The summed E-state index contributed by atoms with van der Waals surface area (Å²) in [5, 5.41) is 0. The Kier molecular flexibility index (Phi) is 53.8. The van der Waals surface area contributed by atoms with Gasteiger partial charge >= 0.3 is 17.9 Å². The SMILES string of the molecule is CCC/C=C\C/C=C\CCCCCCCC(=O)OCC(COC(=O)CCCCCCCCCCC/C=C\CCCCCCCC)OC(=O)CCCCCCCCC/C=C\CCCCCCCC. The first-order valence-electron chi connectivity index (χ1n) is 29.1. The first-order valence-corrected chi connectivity index (χ1v) is 29.1. The third kappa shape index (κ3) is 54.2. The lowest BCUT2D eigenvalue weighted by Gasteiger charge is -2.18. The van der Waals surface area contributed by atoms with Gasteiger partial charge in [0.15, 0.2) is 6.10 Å². The number of allylic oxidation sites excluding steroid dienone is 8. The van der Waals surface area contributed by atoms with Crippen LogP contribution in [0.4, 0.5) is 0 Å². The Labute approximate surface area is 416 Å². The highest BCUT2D eigenvalue weighted by Crippen LogP contribution is 2.16. The lowest BCUT2D eigenvalue weighted by atomic mass is 10.1. The largest absolute Gasteiger partial charge is 0.462 e. The first kappa shape index (κ1) is 64.4. The zero-order chi connectivity index (χ0) is 48.6. The van der Waals surface area contributed by atoms with Crippen LogP contribution >= 0.6 is 0 Å². The molecule has 0 saturated heterocycles. The van der Waals surface area contributed by atoms with E-state index >= 15 is 0 Å². The van der Waals surface area contributed by atoms with Gasteiger partial charge < -0.3 is 14.2 Å². The van der Waals surface area contributed by atoms with Crippen molar-refractivity contribution in [3.8, 4) is 0 Å². The van der Waals surface area contributed by atoms with Crippen molar-refractivity contribution in [2.45, 2.75) is 309 Å². The summed E-state index contributed by atoms with van der Waals surface area (Å²) in [7, 11) is 0. The van der Waals surface area contributed by atoms with Gasteiger partial charge in [-0.25, -0.2) is 0 Å². The number of carbonyl (C=O) groups excluding carboxylic acids is 3. The van der Waals surface area contributed by atoms with E-state index in [1.165, 1.54) is 180 Å². The maximum absolute atomic E-state index is 12.9. The van der Waals surface area contributed by atoms with Crippen molar-refractivity contribution in [1.29, 1.82) is 0 Å². The molecular formula is C61H110O6. The van der Waals surface area contributed by atoms with Gasteiger partial charge in [-0.3, -0.25) is 14.4 Å². The summed E-state index contributed by atoms with van der Waals surface area (Å²) in [6, 6.07) is 0. The highest BCUT2D eigenvalue weighted by atomic mass is 16.6. The van der Waals surface area contributed by atoms with Crippen LogP contribution in [-0.4, -0.2) is 37.2 Å². The molecule has 0 aromatic carbocycles. The molecule has 1 atom stereocenters. The Bertz CT molecular complexity index is 1170. The topological polar surface area (TPSA) is 78.9 Å². The van der Waals surface area contributed by atoms with E-state index in [-0.39, 0.29) is 31.1 Å². The van der Waals surface area contributed by atoms with Gasteiger partial charge in [-0.1, -0.05) is 236 Å². The van der Waals surface area contributed by atoms with Crippen molar-refractivity contribution in [2.24, 2.45) is 0 Å². The second-order valence-corrected chi connectivity index (χ2v) is 19.5. The Morgan fingerprint density at radius 3 is 0.896 bits per heavy atom. The number of hydrogen-bond donors (Lipinski definition) is 0. The summed E-state index contributed by atoms with van der Waals surface area (Å²) in [6.07, 6.45) is 68.1. The molecule has 390 valence electrons. The molecule has 1 unspecified atom stereocenters. The van der Waals surface area contributed by atoms with Crippen LogP contribution in [0.25, 0.3) is 0 Å². The van der Waals surface area contributed by atoms with E-state index < -0.39 is 6.10 Å². The third-order valence-electron chi connectivity index (χ3n) is 12.8. The van der Waals surface area contributed by atoms with Gasteiger partial charge in [0.25, 0.3) is 0 Å². The molecule has 0 heterocycles. The molecule has 6 nitrogen and oxygen atoms in total. The fraction of sp³-hybridized carbons (Fsp3) is 0.820. The van der Waals surface area contributed by atoms with Crippen LogP contribution < -0.4 is 0 Å². The number of unbranched alkanes of at least 4 members (excludes halogenated alkanes) is 34. The van der Waals surface area contributed by atoms with Gasteiger partial charge in [0.05, 0.1) is 0 Å². The quantitative estimate of drug-likeness (QED) is 0.0262. The van der Waals surface area contributed by atoms with Gasteiger partial charge in [0.2, 0.25) is 0 Å². The molecule has 0 bridgehead atoms. The van der Waals surface area contributed by atoms with Gasteiger partial charge in [-0.2, -0.15) is 0 Å². The van der Waals surface area contributed by atoms with Crippen molar-refractivity contribution in [1.82, 2.24) is 0 Å². The first-order chi connectivity index (χ1) is 33.0. The molecule has 0 fully saturated rings. The Hall–Kier alpha value is -2.63. The molecule has 0 aromatic heterocycles. The molecule has 67 heavy (non-hydrogen) atoms. The highest BCUT2D eigenvalue weighted by molar-refractivity contribution is 5.71. The second-order valence-electron chi connectivity index (χ2n) is 19.5. The van der Waals surface area contributed by atoms with Crippen molar-refractivity contribution in [2.75, 3.05) is 13.2 Å². The zero-order valence-corrected chi connectivity index (χ0v) is 44.7. The maximum atomic E-state index is 12.9. The van der Waals surface area contributed by atoms with Crippen molar-refractivity contribution in [3.63, 3.8) is 0 Å². The monoisotopic (exact) mass is 939 g/mol. The van der Waals surface area contributed by atoms with E-state index in [4.69, 9.17) is 14.2 Å². The van der Waals surface area contributed by atoms with Crippen LogP contribution in [0, 0.1) is 0 Å². The fourth-order valence-corrected chi connectivity index (χ4v) is 8.35. The molecular weight excluding hydrogens is 829 g/mol. The Balaban J connectivity index is 4.35. The van der Waals surface area contributed by atoms with Crippen LogP contribution in [0.5, 0.6) is 0 Å². The standard InChI is InChI=1S/C61H110O6/c1-4-7-10-13-16-19-22-25-27-29-30-32-33-36-39-42-45-48-51-54-60(63)66-57-58(56-65-59(62)53-50-47-44-41-38-35-24-21-18-15-12-9-6-3)67-61(64)55-52-49-46-43-40-37-34-31-28-26-23-20-17-14-11-8-5-2/h12,15,21,24-28,58H,4-11,13-14,16-20,22-23,29-57H2,1-3H3/b15-12-,24-21-,27-25-,28-26-. The minimum Gasteiger partial charge on any atom is -0.462 e. The van der Waals surface area contributed by atoms with E-state index in [1.807, 2.05) is 0 Å². The van der Waals surface area contributed by atoms with Crippen molar-refractivity contribution < 1.29 is 28.6 Å². The minimum atomic E-state index is -0.781. The fourth-order valence-electron chi connectivity index (χ4n) is 8.35. The highest BCUT2D eigenvalue weighted by Gasteiger charge is 2.19. The van der Waals surface area contributed by atoms with Crippen molar-refractivity contribution in [3.05, 3.63) is 48.6 Å². The predicted molar refractivity (Wildman–Crippen MR) is 289 cm³/mol. The van der Waals surface area contributed by atoms with Crippen LogP contribution in [0.1, 0.15) is 303 Å². The van der Waals surface area contributed by atoms with Gasteiger partial charge in [-0.15, -0.1) is 0 Å². The molecule has 0 saturated carbocycles. The summed E-state index contributed by atoms with van der Waals surface area (Å²) in [5.41, 5.74) is 0. The minimum absolute atomic E-state index is 0.0789.